The van der Waals surface area contributed by atoms with Gasteiger partial charge in [-0.3, -0.25) is 0 Å². The minimum absolute atomic E-state index is 0.0339. The van der Waals surface area contributed by atoms with Crippen LogP contribution in [0.15, 0.2) is 12.2 Å². The summed E-state index contributed by atoms with van der Waals surface area (Å²) in [5.41, 5.74) is 6.42. The zero-order valence-electron chi connectivity index (χ0n) is 17.1. The third-order valence-corrected chi connectivity index (χ3v) is 9.64. The van der Waals surface area contributed by atoms with Crippen LogP contribution in [0.2, 0.25) is 0 Å². The van der Waals surface area contributed by atoms with E-state index in [2.05, 4.69) is 26.0 Å². The summed E-state index contributed by atoms with van der Waals surface area (Å²) in [5.74, 6) is 4.35. The number of hydrogen-bond acceptors (Lipinski definition) is 2. The highest BCUT2D eigenvalue weighted by Gasteiger charge is 2.59. The van der Waals surface area contributed by atoms with Crippen molar-refractivity contribution in [3.8, 4) is 0 Å². The summed E-state index contributed by atoms with van der Waals surface area (Å²) in [6.45, 7) is 5.87. The van der Waals surface area contributed by atoms with Crippen molar-refractivity contribution in [3.63, 3.8) is 0 Å². The fraction of sp³-hybridized carbons (Fsp3) is 0.917. The van der Waals surface area contributed by atoms with Gasteiger partial charge in [-0.1, -0.05) is 26.0 Å². The minimum Gasteiger partial charge on any atom is -0.393 e. The van der Waals surface area contributed by atoms with Gasteiger partial charge in [-0.25, -0.2) is 0 Å². The molecule has 4 aliphatic rings. The molecule has 0 aromatic rings. The molecule has 0 radical (unpaired) electrons. The van der Waals surface area contributed by atoms with E-state index in [0.717, 1.165) is 55.4 Å². The van der Waals surface area contributed by atoms with Crippen molar-refractivity contribution in [1.29, 1.82) is 0 Å². The Morgan fingerprint density at radius 2 is 1.73 bits per heavy atom. The predicted molar refractivity (Wildman–Crippen MR) is 109 cm³/mol. The van der Waals surface area contributed by atoms with E-state index in [1.54, 1.807) is 0 Å². The van der Waals surface area contributed by atoms with Crippen LogP contribution < -0.4 is 5.73 Å². The average Bonchev–Trinajstić information content (AvgIpc) is 2.94. The number of aliphatic hydroxyl groups excluding tert-OH is 1. The van der Waals surface area contributed by atoms with E-state index in [0.29, 0.717) is 5.41 Å². The lowest BCUT2D eigenvalue weighted by atomic mass is 9.44. The van der Waals surface area contributed by atoms with Gasteiger partial charge in [0.1, 0.15) is 0 Å². The van der Waals surface area contributed by atoms with Crippen LogP contribution in [0.4, 0.5) is 0 Å². The first-order valence-electron chi connectivity index (χ1n) is 11.5. The molecular formula is C24H41NO. The van der Waals surface area contributed by atoms with Gasteiger partial charge in [0, 0.05) is 0 Å². The van der Waals surface area contributed by atoms with Crippen LogP contribution in [0.3, 0.4) is 0 Å². The van der Waals surface area contributed by atoms with Gasteiger partial charge in [0.25, 0.3) is 0 Å². The lowest BCUT2D eigenvalue weighted by molar-refractivity contribution is -0.124. The first-order chi connectivity index (χ1) is 12.5. The standard InChI is InChI=1S/C24H41NO/c1-23-13-11-17(6-4-3-5-15-25)16-18(23)7-8-19-20-9-10-22(26)24(20,2)14-12-21(19)23/h4,6,17-22,26H,3,5,7-16,25H2,1-2H3/b6-4+/t17-,18?,19?,20?,21?,22+,23+,24+/m1/s1. The third kappa shape index (κ3) is 3.00. The SMILES string of the molecule is C[C@]12CC[C@@H](/C=C/CCCN)CC1CCC1C2CC[C@@]2(C)C1CC[C@@H]2O. The van der Waals surface area contributed by atoms with Crippen LogP contribution in [-0.4, -0.2) is 17.8 Å². The maximum Gasteiger partial charge on any atom is 0.0596 e. The highest BCUT2D eigenvalue weighted by molar-refractivity contribution is 5.10. The summed E-state index contributed by atoms with van der Waals surface area (Å²) in [4.78, 5) is 0. The smallest absolute Gasteiger partial charge is 0.0596 e. The fourth-order valence-electron chi connectivity index (χ4n) is 7.96. The molecule has 4 unspecified atom stereocenters. The molecule has 4 saturated carbocycles. The van der Waals surface area contributed by atoms with Crippen molar-refractivity contribution < 1.29 is 5.11 Å². The van der Waals surface area contributed by atoms with Gasteiger partial charge >= 0.3 is 0 Å². The molecule has 3 N–H and O–H groups in total. The summed E-state index contributed by atoms with van der Waals surface area (Å²) in [7, 11) is 0. The van der Waals surface area contributed by atoms with E-state index in [1.807, 2.05) is 0 Å². The Morgan fingerprint density at radius 1 is 0.962 bits per heavy atom. The number of hydrogen-bond donors (Lipinski definition) is 2. The number of allylic oxidation sites excluding steroid dienone is 2. The molecular weight excluding hydrogens is 318 g/mol. The molecule has 26 heavy (non-hydrogen) atoms. The van der Waals surface area contributed by atoms with Gasteiger partial charge in [-0.15, -0.1) is 0 Å². The Labute approximate surface area is 161 Å². The number of aliphatic hydroxyl groups is 1. The van der Waals surface area contributed by atoms with Crippen molar-refractivity contribution >= 4 is 0 Å². The first kappa shape index (κ1) is 19.0. The van der Waals surface area contributed by atoms with E-state index < -0.39 is 0 Å². The minimum atomic E-state index is -0.0339. The second-order valence-corrected chi connectivity index (χ2v) is 10.7. The molecule has 4 aliphatic carbocycles. The molecule has 2 nitrogen and oxygen atoms in total. The molecule has 0 amide bonds. The van der Waals surface area contributed by atoms with Crippen molar-refractivity contribution in [2.75, 3.05) is 6.54 Å². The third-order valence-electron chi connectivity index (χ3n) is 9.64. The number of rotatable bonds is 4. The lowest BCUT2D eigenvalue weighted by Crippen LogP contribution is -2.53. The van der Waals surface area contributed by atoms with Crippen LogP contribution in [0.25, 0.3) is 0 Å². The van der Waals surface area contributed by atoms with Crippen LogP contribution in [-0.2, 0) is 0 Å². The Kier molecular flexibility index (Phi) is 5.29. The monoisotopic (exact) mass is 359 g/mol. The predicted octanol–water partition coefficient (Wildman–Crippen LogP) is 5.30. The quantitative estimate of drug-likeness (QED) is 0.528. The second kappa shape index (κ2) is 7.24. The number of nitrogens with two attached hydrogens (primary N) is 1. The summed E-state index contributed by atoms with van der Waals surface area (Å²) in [6.07, 6.45) is 19.3. The first-order valence-corrected chi connectivity index (χ1v) is 11.5. The zero-order valence-corrected chi connectivity index (χ0v) is 17.1. The Bertz CT molecular complexity index is 530. The molecule has 0 aromatic heterocycles. The van der Waals surface area contributed by atoms with Gasteiger partial charge < -0.3 is 10.8 Å². The molecule has 8 atom stereocenters. The molecule has 2 heteroatoms. The molecule has 0 bridgehead atoms. The van der Waals surface area contributed by atoms with Crippen LogP contribution in [0.1, 0.15) is 84.5 Å². The maximum atomic E-state index is 10.6. The van der Waals surface area contributed by atoms with Gasteiger partial charge in [0.15, 0.2) is 0 Å². The highest BCUT2D eigenvalue weighted by Crippen LogP contribution is 2.66. The molecule has 0 aromatic carbocycles. The fourth-order valence-corrected chi connectivity index (χ4v) is 7.96. The van der Waals surface area contributed by atoms with E-state index >= 15 is 0 Å². The molecule has 4 fully saturated rings. The molecule has 0 heterocycles. The van der Waals surface area contributed by atoms with Crippen LogP contribution >= 0.6 is 0 Å². The van der Waals surface area contributed by atoms with Crippen LogP contribution in [0, 0.1) is 40.4 Å². The second-order valence-electron chi connectivity index (χ2n) is 10.7. The number of fused-ring (bicyclic) bond motifs is 5. The molecule has 4 rings (SSSR count). The van der Waals surface area contributed by atoms with Gasteiger partial charge in [-0.05, 0) is 118 Å². The van der Waals surface area contributed by atoms with Crippen molar-refractivity contribution in [2.24, 2.45) is 46.2 Å². The van der Waals surface area contributed by atoms with Gasteiger partial charge in [0.05, 0.1) is 6.10 Å². The van der Waals surface area contributed by atoms with Crippen LogP contribution in [0.5, 0.6) is 0 Å². The topological polar surface area (TPSA) is 46.2 Å². The van der Waals surface area contributed by atoms with E-state index in [-0.39, 0.29) is 11.5 Å². The average molecular weight is 360 g/mol. The maximum absolute atomic E-state index is 10.6. The van der Waals surface area contributed by atoms with Gasteiger partial charge in [0.2, 0.25) is 0 Å². The highest BCUT2D eigenvalue weighted by atomic mass is 16.3. The number of unbranched alkanes of at least 4 members (excludes halogenated alkanes) is 1. The van der Waals surface area contributed by atoms with Crippen molar-refractivity contribution in [1.82, 2.24) is 0 Å². The Morgan fingerprint density at radius 3 is 2.54 bits per heavy atom. The zero-order chi connectivity index (χ0) is 18.4. The van der Waals surface area contributed by atoms with E-state index in [4.69, 9.17) is 5.73 Å². The molecule has 0 saturated heterocycles. The molecule has 148 valence electrons. The summed E-state index contributed by atoms with van der Waals surface area (Å²) >= 11 is 0. The summed E-state index contributed by atoms with van der Waals surface area (Å²) < 4.78 is 0. The van der Waals surface area contributed by atoms with E-state index in [1.165, 1.54) is 51.4 Å². The van der Waals surface area contributed by atoms with Gasteiger partial charge in [-0.2, -0.15) is 0 Å². The summed E-state index contributed by atoms with van der Waals surface area (Å²) in [6, 6.07) is 0. The van der Waals surface area contributed by atoms with Crippen molar-refractivity contribution in [2.45, 2.75) is 90.6 Å². The van der Waals surface area contributed by atoms with Crippen molar-refractivity contribution in [3.05, 3.63) is 12.2 Å². The summed E-state index contributed by atoms with van der Waals surface area (Å²) in [5, 5.41) is 10.6. The lowest BCUT2D eigenvalue weighted by Gasteiger charge is -2.60. The Balaban J connectivity index is 1.45. The normalized spacial score (nSPS) is 51.1. The molecule has 0 aliphatic heterocycles. The van der Waals surface area contributed by atoms with E-state index in [9.17, 15) is 5.11 Å². The largest absolute Gasteiger partial charge is 0.393 e. The molecule has 0 spiro atoms. The Hall–Kier alpha value is -0.340.